The number of carbonyl (C=O) groups excluding carboxylic acids is 1. The molecule has 1 aromatic rings. The molecular formula is C19H28N4O2. The fourth-order valence-corrected chi connectivity index (χ4v) is 3.57. The van der Waals surface area contributed by atoms with E-state index in [1.807, 2.05) is 4.90 Å². The number of rotatable bonds is 7. The van der Waals surface area contributed by atoms with Crippen LogP contribution in [0.25, 0.3) is 0 Å². The highest BCUT2D eigenvalue weighted by atomic mass is 16.5. The number of ether oxygens (including phenoxy) is 1. The molecule has 6 heteroatoms. The normalized spacial score (nSPS) is 19.6. The predicted molar refractivity (Wildman–Crippen MR) is 97.5 cm³/mol. The van der Waals surface area contributed by atoms with Gasteiger partial charge in [0.25, 0.3) is 0 Å². The Bertz CT molecular complexity index is 617. The molecule has 0 saturated carbocycles. The molecule has 0 aromatic carbocycles. The van der Waals surface area contributed by atoms with Crippen molar-refractivity contribution in [3.63, 3.8) is 0 Å². The van der Waals surface area contributed by atoms with E-state index in [4.69, 9.17) is 4.74 Å². The molecule has 0 radical (unpaired) electrons. The van der Waals surface area contributed by atoms with Gasteiger partial charge in [0, 0.05) is 51.8 Å². The number of aromatic nitrogens is 2. The molecule has 25 heavy (non-hydrogen) atoms. The molecule has 0 spiro atoms. The molecule has 0 saturated heterocycles. The first-order valence-electron chi connectivity index (χ1n) is 9.28. The summed E-state index contributed by atoms with van der Waals surface area (Å²) in [5.41, 5.74) is 2.23. The maximum absolute atomic E-state index is 12.6. The zero-order valence-electron chi connectivity index (χ0n) is 15.0. The van der Waals surface area contributed by atoms with Crippen LogP contribution >= 0.6 is 0 Å². The summed E-state index contributed by atoms with van der Waals surface area (Å²) >= 11 is 0. The summed E-state index contributed by atoms with van der Waals surface area (Å²) in [6.07, 6.45) is 11.4. The zero-order chi connectivity index (χ0) is 17.5. The van der Waals surface area contributed by atoms with Gasteiger partial charge in [0.2, 0.25) is 5.91 Å². The molecule has 1 aliphatic heterocycles. The van der Waals surface area contributed by atoms with E-state index in [2.05, 4.69) is 27.4 Å². The number of hydrogen-bond donors (Lipinski definition) is 1. The Balaban J connectivity index is 1.59. The molecule has 3 rings (SSSR count). The molecule has 2 heterocycles. The van der Waals surface area contributed by atoms with Crippen LogP contribution in [0.2, 0.25) is 0 Å². The van der Waals surface area contributed by atoms with E-state index in [9.17, 15) is 4.79 Å². The van der Waals surface area contributed by atoms with Crippen LogP contribution in [-0.4, -0.2) is 54.1 Å². The van der Waals surface area contributed by atoms with Gasteiger partial charge in [0.15, 0.2) is 0 Å². The lowest BCUT2D eigenvalue weighted by molar-refractivity contribution is -0.131. The molecule has 1 aromatic heterocycles. The Labute approximate surface area is 149 Å². The van der Waals surface area contributed by atoms with Crippen LogP contribution in [0.3, 0.4) is 0 Å². The maximum atomic E-state index is 12.6. The number of fused-ring (bicyclic) bond motifs is 1. The van der Waals surface area contributed by atoms with Gasteiger partial charge in [-0.2, -0.15) is 0 Å². The van der Waals surface area contributed by atoms with Crippen LogP contribution < -0.4 is 5.32 Å². The summed E-state index contributed by atoms with van der Waals surface area (Å²) < 4.78 is 5.09. The van der Waals surface area contributed by atoms with Gasteiger partial charge in [-0.1, -0.05) is 12.2 Å². The molecule has 0 bridgehead atoms. The van der Waals surface area contributed by atoms with E-state index in [-0.39, 0.29) is 5.91 Å². The number of anilines is 1. The number of hydrogen-bond acceptors (Lipinski definition) is 5. The first-order chi connectivity index (χ1) is 12.3. The van der Waals surface area contributed by atoms with Crippen molar-refractivity contribution in [3.8, 4) is 0 Å². The van der Waals surface area contributed by atoms with Gasteiger partial charge in [-0.15, -0.1) is 0 Å². The standard InChI is InChI=1S/C19H28N4O2/c1-25-12-4-9-20-19-16-7-10-23(11-8-17(16)21-14-22-19)18(24)13-15-5-2-3-6-15/h2,5,14-15H,3-4,6-13H2,1H3,(H,20,21,22)/t15-/m0/s1. The van der Waals surface area contributed by atoms with Crippen molar-refractivity contribution in [1.29, 1.82) is 0 Å². The third-order valence-corrected chi connectivity index (χ3v) is 5.00. The Kier molecular flexibility index (Phi) is 6.39. The smallest absolute Gasteiger partial charge is 0.223 e. The minimum absolute atomic E-state index is 0.270. The Morgan fingerprint density at radius 3 is 3.04 bits per heavy atom. The highest BCUT2D eigenvalue weighted by molar-refractivity contribution is 5.77. The van der Waals surface area contributed by atoms with Crippen molar-refractivity contribution < 1.29 is 9.53 Å². The zero-order valence-corrected chi connectivity index (χ0v) is 15.0. The van der Waals surface area contributed by atoms with E-state index >= 15 is 0 Å². The number of nitrogens with zero attached hydrogens (tertiary/aromatic N) is 3. The van der Waals surface area contributed by atoms with Gasteiger partial charge in [-0.3, -0.25) is 4.79 Å². The first kappa shape index (κ1) is 17.9. The summed E-state index contributed by atoms with van der Waals surface area (Å²) in [7, 11) is 1.71. The molecule has 2 aliphatic rings. The average Bonchev–Trinajstić information content (AvgIpc) is 3.02. The van der Waals surface area contributed by atoms with Gasteiger partial charge in [-0.05, 0) is 31.6 Å². The second-order valence-corrected chi connectivity index (χ2v) is 6.77. The van der Waals surface area contributed by atoms with Gasteiger partial charge in [0.05, 0.1) is 5.69 Å². The van der Waals surface area contributed by atoms with Gasteiger partial charge in [0.1, 0.15) is 12.1 Å². The van der Waals surface area contributed by atoms with E-state index in [0.29, 0.717) is 12.3 Å². The Morgan fingerprint density at radius 2 is 2.24 bits per heavy atom. The van der Waals surface area contributed by atoms with Crippen molar-refractivity contribution in [1.82, 2.24) is 14.9 Å². The van der Waals surface area contributed by atoms with Gasteiger partial charge < -0.3 is 15.0 Å². The van der Waals surface area contributed by atoms with Crippen molar-refractivity contribution in [3.05, 3.63) is 29.7 Å². The number of nitrogens with one attached hydrogen (secondary N) is 1. The number of carbonyl (C=O) groups is 1. The lowest BCUT2D eigenvalue weighted by Gasteiger charge is -2.21. The van der Waals surface area contributed by atoms with E-state index in [1.54, 1.807) is 13.4 Å². The van der Waals surface area contributed by atoms with Crippen LogP contribution in [0.1, 0.15) is 36.9 Å². The molecule has 1 N–H and O–H groups in total. The predicted octanol–water partition coefficient (Wildman–Crippen LogP) is 2.21. The van der Waals surface area contributed by atoms with Crippen molar-refractivity contribution in [2.75, 3.05) is 38.7 Å². The Hall–Kier alpha value is -1.95. The lowest BCUT2D eigenvalue weighted by atomic mass is 10.0. The van der Waals surface area contributed by atoms with Crippen molar-refractivity contribution in [2.45, 2.75) is 38.5 Å². The summed E-state index contributed by atoms with van der Waals surface area (Å²) in [4.78, 5) is 23.5. The van der Waals surface area contributed by atoms with Crippen LogP contribution in [0.5, 0.6) is 0 Å². The number of methoxy groups -OCH3 is 1. The molecule has 1 atom stereocenters. The van der Waals surface area contributed by atoms with E-state index < -0.39 is 0 Å². The second kappa shape index (κ2) is 8.94. The minimum atomic E-state index is 0.270. The van der Waals surface area contributed by atoms with Crippen molar-refractivity contribution >= 4 is 11.7 Å². The maximum Gasteiger partial charge on any atom is 0.223 e. The first-order valence-corrected chi connectivity index (χ1v) is 9.28. The fraction of sp³-hybridized carbons (Fsp3) is 0.632. The summed E-state index contributed by atoms with van der Waals surface area (Å²) in [5, 5.41) is 3.39. The highest BCUT2D eigenvalue weighted by Gasteiger charge is 2.23. The molecule has 6 nitrogen and oxygen atoms in total. The quantitative estimate of drug-likeness (QED) is 0.607. The van der Waals surface area contributed by atoms with Crippen LogP contribution in [0.15, 0.2) is 18.5 Å². The highest BCUT2D eigenvalue weighted by Crippen LogP contribution is 2.24. The molecule has 1 aliphatic carbocycles. The SMILES string of the molecule is COCCCNc1ncnc2c1CCN(C(=O)C[C@H]1C=CCC1)CC2. The van der Waals surface area contributed by atoms with E-state index in [1.165, 1.54) is 0 Å². The summed E-state index contributed by atoms with van der Waals surface area (Å²) in [6, 6.07) is 0. The van der Waals surface area contributed by atoms with Crippen molar-refractivity contribution in [2.24, 2.45) is 5.92 Å². The van der Waals surface area contributed by atoms with Gasteiger partial charge >= 0.3 is 0 Å². The number of allylic oxidation sites excluding steroid dienone is 2. The lowest BCUT2D eigenvalue weighted by Crippen LogP contribution is -2.34. The molecular weight excluding hydrogens is 316 g/mol. The third-order valence-electron chi connectivity index (χ3n) is 5.00. The molecule has 136 valence electrons. The van der Waals surface area contributed by atoms with E-state index in [0.717, 1.165) is 75.4 Å². The molecule has 0 unspecified atom stereocenters. The van der Waals surface area contributed by atoms with Gasteiger partial charge in [-0.25, -0.2) is 9.97 Å². The number of amides is 1. The summed E-state index contributed by atoms with van der Waals surface area (Å²) in [5.74, 6) is 1.61. The molecule has 1 amide bonds. The minimum Gasteiger partial charge on any atom is -0.385 e. The fourth-order valence-electron chi connectivity index (χ4n) is 3.57. The monoisotopic (exact) mass is 344 g/mol. The van der Waals surface area contributed by atoms with Crippen LogP contribution in [0, 0.1) is 5.92 Å². The largest absolute Gasteiger partial charge is 0.385 e. The van der Waals surface area contributed by atoms with Crippen LogP contribution in [-0.2, 0) is 22.4 Å². The third kappa shape index (κ3) is 4.78. The average molecular weight is 344 g/mol. The summed E-state index contributed by atoms with van der Waals surface area (Å²) in [6.45, 7) is 3.07. The topological polar surface area (TPSA) is 67.3 Å². The van der Waals surface area contributed by atoms with Crippen LogP contribution in [0.4, 0.5) is 5.82 Å². The molecule has 0 fully saturated rings. The Morgan fingerprint density at radius 1 is 1.36 bits per heavy atom. The second-order valence-electron chi connectivity index (χ2n) is 6.77.